The fraction of sp³-hybridized carbons (Fsp3) is 0.0952. The van der Waals surface area contributed by atoms with Gasteiger partial charge < -0.3 is 5.32 Å². The first-order chi connectivity index (χ1) is 12.7. The van der Waals surface area contributed by atoms with Crippen LogP contribution in [-0.4, -0.2) is 12.6 Å². The average Bonchev–Trinajstić information content (AvgIpc) is 2.70. The Kier molecular flexibility index (Phi) is 5.88. The van der Waals surface area contributed by atoms with Gasteiger partial charge in [0.1, 0.15) is 0 Å². The summed E-state index contributed by atoms with van der Waals surface area (Å²) in [6, 6.07) is 27.6. The molecule has 0 fully saturated rings. The highest BCUT2D eigenvalue weighted by molar-refractivity contribution is 7.77. The number of carbonyl (C=O) groups excluding carboxylic acids is 1. The summed E-state index contributed by atoms with van der Waals surface area (Å²) < 4.78 is 13.7. The number of nitrogens with one attached hydrogen (secondary N) is 2. The van der Waals surface area contributed by atoms with Crippen molar-refractivity contribution in [1.82, 2.24) is 10.4 Å². The Morgan fingerprint density at radius 1 is 0.731 bits per heavy atom. The Hall–Kier alpha value is -2.84. The van der Waals surface area contributed by atoms with E-state index in [1.54, 1.807) is 24.3 Å². The van der Waals surface area contributed by atoms with Crippen LogP contribution in [0.4, 0.5) is 4.79 Å². The maximum Gasteiger partial charge on any atom is 0.320 e. The zero-order valence-electron chi connectivity index (χ0n) is 14.3. The highest BCUT2D eigenvalue weighted by atomic mass is 31.2. The minimum absolute atomic E-state index is 0.433. The molecule has 0 unspecified atom stereocenters. The maximum atomic E-state index is 13.7. The Labute approximate surface area is 153 Å². The van der Waals surface area contributed by atoms with E-state index >= 15 is 0 Å². The molecule has 0 bridgehead atoms. The first-order valence-corrected chi connectivity index (χ1v) is 10.2. The van der Waals surface area contributed by atoms with E-state index in [4.69, 9.17) is 0 Å². The molecule has 2 amide bonds. The second-order valence-electron chi connectivity index (χ2n) is 5.88. The zero-order chi connectivity index (χ0) is 18.2. The fourth-order valence-corrected chi connectivity index (χ4v) is 4.81. The third kappa shape index (κ3) is 4.41. The van der Waals surface area contributed by atoms with Crippen molar-refractivity contribution in [3.63, 3.8) is 0 Å². The summed E-state index contributed by atoms with van der Waals surface area (Å²) in [6.07, 6.45) is 0.717. The third-order valence-electron chi connectivity index (χ3n) is 4.04. The van der Waals surface area contributed by atoms with Crippen LogP contribution >= 0.6 is 7.29 Å². The number of amides is 2. The van der Waals surface area contributed by atoms with Gasteiger partial charge in [0.2, 0.25) is 7.29 Å². The lowest BCUT2D eigenvalue weighted by atomic mass is 10.1. The van der Waals surface area contributed by atoms with Crippen LogP contribution in [0.1, 0.15) is 5.56 Å². The van der Waals surface area contributed by atoms with Gasteiger partial charge in [-0.25, -0.2) is 4.79 Å². The third-order valence-corrected chi connectivity index (χ3v) is 6.61. The minimum Gasteiger partial charge on any atom is -0.338 e. The van der Waals surface area contributed by atoms with Gasteiger partial charge in [0.15, 0.2) is 0 Å². The standard InChI is InChI=1S/C21H21N2O2P/c24-21(22-17-16-18-10-4-1-5-11-18)23-26(25,19-12-6-2-7-13-19)20-14-8-3-9-15-20/h1-15H,16-17H2,(H2,22,23,24,25). The SMILES string of the molecule is O=C(NCCc1ccccc1)NP(=O)(c1ccccc1)c1ccccc1. The van der Waals surface area contributed by atoms with Gasteiger partial charge in [-0.3, -0.25) is 9.65 Å². The molecule has 0 saturated heterocycles. The number of hydrogen-bond donors (Lipinski definition) is 2. The zero-order valence-corrected chi connectivity index (χ0v) is 15.2. The number of carbonyl (C=O) groups is 1. The van der Waals surface area contributed by atoms with E-state index in [-0.39, 0.29) is 0 Å². The van der Waals surface area contributed by atoms with Crippen LogP contribution in [0.25, 0.3) is 0 Å². The van der Waals surface area contributed by atoms with Crippen LogP contribution in [0.5, 0.6) is 0 Å². The number of rotatable bonds is 6. The first kappa shape index (κ1) is 18.0. The summed E-state index contributed by atoms with van der Waals surface area (Å²) in [5.74, 6) is 0. The van der Waals surface area contributed by atoms with Gasteiger partial charge in [-0.2, -0.15) is 0 Å². The molecule has 3 rings (SSSR count). The normalized spacial score (nSPS) is 10.9. The molecule has 0 heterocycles. The van der Waals surface area contributed by atoms with Gasteiger partial charge >= 0.3 is 6.03 Å². The van der Waals surface area contributed by atoms with E-state index in [2.05, 4.69) is 10.4 Å². The molecule has 0 atom stereocenters. The topological polar surface area (TPSA) is 58.2 Å². The Morgan fingerprint density at radius 2 is 1.19 bits per heavy atom. The van der Waals surface area contributed by atoms with Crippen LogP contribution in [-0.2, 0) is 11.0 Å². The van der Waals surface area contributed by atoms with Crippen LogP contribution < -0.4 is 21.0 Å². The van der Waals surface area contributed by atoms with Crippen molar-refractivity contribution >= 4 is 23.9 Å². The summed E-state index contributed by atoms with van der Waals surface area (Å²) in [7, 11) is -3.25. The van der Waals surface area contributed by atoms with Crippen molar-refractivity contribution in [2.45, 2.75) is 6.42 Å². The molecule has 0 aliphatic rings. The lowest BCUT2D eigenvalue weighted by Crippen LogP contribution is -2.39. The molecule has 132 valence electrons. The summed E-state index contributed by atoms with van der Waals surface area (Å²) in [5, 5.41) is 6.72. The van der Waals surface area contributed by atoms with Crippen LogP contribution in [0, 0.1) is 0 Å². The molecule has 0 radical (unpaired) electrons. The van der Waals surface area contributed by atoms with Gasteiger partial charge in [0.25, 0.3) is 0 Å². The monoisotopic (exact) mass is 364 g/mol. The van der Waals surface area contributed by atoms with Crippen LogP contribution in [0.2, 0.25) is 0 Å². The maximum absolute atomic E-state index is 13.7. The quantitative estimate of drug-likeness (QED) is 0.658. The second kappa shape index (κ2) is 8.50. The predicted octanol–water partition coefficient (Wildman–Crippen LogP) is 3.46. The van der Waals surface area contributed by atoms with Crippen molar-refractivity contribution in [1.29, 1.82) is 0 Å². The highest BCUT2D eigenvalue weighted by Gasteiger charge is 2.29. The molecule has 5 heteroatoms. The second-order valence-corrected chi connectivity index (χ2v) is 8.36. The summed E-state index contributed by atoms with van der Waals surface area (Å²) in [5.41, 5.74) is 1.14. The lowest BCUT2D eigenvalue weighted by molar-refractivity contribution is 0.246. The molecule has 3 aromatic carbocycles. The largest absolute Gasteiger partial charge is 0.338 e. The minimum atomic E-state index is -3.25. The average molecular weight is 364 g/mol. The van der Waals surface area contributed by atoms with Gasteiger partial charge in [-0.05, 0) is 36.2 Å². The smallest absolute Gasteiger partial charge is 0.320 e. The van der Waals surface area contributed by atoms with Crippen molar-refractivity contribution < 1.29 is 9.36 Å². The Morgan fingerprint density at radius 3 is 1.69 bits per heavy atom. The summed E-state index contributed by atoms with van der Waals surface area (Å²) >= 11 is 0. The Bertz CT molecular complexity index is 840. The van der Waals surface area contributed by atoms with Crippen molar-refractivity contribution in [2.24, 2.45) is 0 Å². The number of urea groups is 1. The molecular formula is C21H21N2O2P. The number of benzene rings is 3. The van der Waals surface area contributed by atoms with Crippen molar-refractivity contribution in [3.05, 3.63) is 96.6 Å². The summed E-state index contributed by atoms with van der Waals surface area (Å²) in [6.45, 7) is 0.472. The molecule has 0 aliphatic heterocycles. The molecule has 0 aromatic heterocycles. The van der Waals surface area contributed by atoms with Crippen LogP contribution in [0.3, 0.4) is 0 Å². The molecule has 4 nitrogen and oxygen atoms in total. The fourth-order valence-electron chi connectivity index (χ4n) is 2.70. The van der Waals surface area contributed by atoms with E-state index < -0.39 is 13.3 Å². The molecule has 0 spiro atoms. The molecule has 3 aromatic rings. The van der Waals surface area contributed by atoms with E-state index in [0.717, 1.165) is 12.0 Å². The van der Waals surface area contributed by atoms with E-state index in [0.29, 0.717) is 17.2 Å². The van der Waals surface area contributed by atoms with Crippen LogP contribution in [0.15, 0.2) is 91.0 Å². The first-order valence-electron chi connectivity index (χ1n) is 8.50. The van der Waals surface area contributed by atoms with Gasteiger partial charge in [0.05, 0.1) is 0 Å². The molecular weight excluding hydrogens is 343 g/mol. The highest BCUT2D eigenvalue weighted by Crippen LogP contribution is 2.38. The van der Waals surface area contributed by atoms with Gasteiger partial charge in [-0.1, -0.05) is 66.7 Å². The molecule has 0 saturated carbocycles. The lowest BCUT2D eigenvalue weighted by Gasteiger charge is -2.20. The molecule has 0 aliphatic carbocycles. The van der Waals surface area contributed by atoms with E-state index in [9.17, 15) is 9.36 Å². The van der Waals surface area contributed by atoms with Gasteiger partial charge in [-0.15, -0.1) is 0 Å². The summed E-state index contributed by atoms with van der Waals surface area (Å²) in [4.78, 5) is 12.4. The Balaban J connectivity index is 1.72. The van der Waals surface area contributed by atoms with Crippen molar-refractivity contribution in [2.75, 3.05) is 6.54 Å². The molecule has 2 N–H and O–H groups in total. The number of hydrogen-bond acceptors (Lipinski definition) is 2. The van der Waals surface area contributed by atoms with Gasteiger partial charge in [0, 0.05) is 17.2 Å². The van der Waals surface area contributed by atoms with Crippen molar-refractivity contribution in [3.8, 4) is 0 Å². The predicted molar refractivity (Wildman–Crippen MR) is 106 cm³/mol. The van der Waals surface area contributed by atoms with E-state index in [1.165, 1.54) is 0 Å². The van der Waals surface area contributed by atoms with E-state index in [1.807, 2.05) is 66.7 Å². The molecule has 26 heavy (non-hydrogen) atoms.